The van der Waals surface area contributed by atoms with Crippen LogP contribution in [0.3, 0.4) is 0 Å². The third-order valence-corrected chi connectivity index (χ3v) is 7.01. The first-order valence-corrected chi connectivity index (χ1v) is 11.0. The zero-order chi connectivity index (χ0) is 18.5. The van der Waals surface area contributed by atoms with Crippen molar-refractivity contribution in [3.63, 3.8) is 0 Å². The summed E-state index contributed by atoms with van der Waals surface area (Å²) in [6.45, 7) is 7.32. The van der Waals surface area contributed by atoms with E-state index < -0.39 is 0 Å². The Kier molecular flexibility index (Phi) is 6.82. The van der Waals surface area contributed by atoms with E-state index in [1.807, 2.05) is 0 Å². The van der Waals surface area contributed by atoms with Gasteiger partial charge in [0.1, 0.15) is 0 Å². The molecule has 1 aromatic rings. The maximum atomic E-state index is 10.3. The molecule has 1 heterocycles. The first kappa shape index (κ1) is 19.4. The van der Waals surface area contributed by atoms with Crippen molar-refractivity contribution >= 4 is 0 Å². The molecule has 0 amide bonds. The highest BCUT2D eigenvalue weighted by Crippen LogP contribution is 2.49. The fourth-order valence-electron chi connectivity index (χ4n) is 5.51. The Balaban J connectivity index is 1.06. The molecule has 27 heavy (non-hydrogen) atoms. The van der Waals surface area contributed by atoms with Gasteiger partial charge in [-0.1, -0.05) is 36.8 Å². The van der Waals surface area contributed by atoms with Crippen LogP contribution in [0, 0.1) is 17.8 Å². The minimum absolute atomic E-state index is 0.356. The fourth-order valence-corrected chi connectivity index (χ4v) is 5.51. The predicted octanol–water partition coefficient (Wildman–Crippen LogP) is 3.01. The molecular formula is C23H36N2O2. The van der Waals surface area contributed by atoms with Crippen LogP contribution in [0.25, 0.3) is 0 Å². The van der Waals surface area contributed by atoms with Crippen LogP contribution in [-0.2, 0) is 11.3 Å². The van der Waals surface area contributed by atoms with Crippen LogP contribution in [-0.4, -0.2) is 66.9 Å². The van der Waals surface area contributed by atoms with Crippen LogP contribution >= 0.6 is 0 Å². The number of hydrogen-bond donors (Lipinski definition) is 1. The van der Waals surface area contributed by atoms with Crippen LogP contribution < -0.4 is 0 Å². The van der Waals surface area contributed by atoms with E-state index in [0.29, 0.717) is 6.61 Å². The summed E-state index contributed by atoms with van der Waals surface area (Å²) in [6, 6.07) is 10.7. The van der Waals surface area contributed by atoms with Crippen molar-refractivity contribution in [2.45, 2.75) is 44.8 Å². The molecule has 150 valence electrons. The Morgan fingerprint density at radius 3 is 2.48 bits per heavy atom. The lowest BCUT2D eigenvalue weighted by atomic mass is 9.87. The first-order chi connectivity index (χ1) is 13.3. The van der Waals surface area contributed by atoms with Crippen LogP contribution in [0.4, 0.5) is 0 Å². The summed E-state index contributed by atoms with van der Waals surface area (Å²) in [5.74, 6) is 2.90. The number of β-amino-alcohol motifs (C(OH)–C–C–N with tert-alkyl or cyclic N) is 1. The van der Waals surface area contributed by atoms with Gasteiger partial charge in [-0.3, -0.25) is 9.80 Å². The number of aliphatic hydroxyl groups is 1. The number of nitrogens with zero attached hydrogens (tertiary/aromatic N) is 2. The van der Waals surface area contributed by atoms with Gasteiger partial charge in [0.05, 0.1) is 12.7 Å². The lowest BCUT2D eigenvalue weighted by molar-refractivity contribution is 0.00188. The Bertz CT molecular complexity index is 559. The normalized spacial score (nSPS) is 30.0. The molecule has 1 aliphatic heterocycles. The summed E-state index contributed by atoms with van der Waals surface area (Å²) >= 11 is 0. The fraction of sp³-hybridized carbons (Fsp3) is 0.739. The predicted molar refractivity (Wildman–Crippen MR) is 109 cm³/mol. The van der Waals surface area contributed by atoms with E-state index in [1.54, 1.807) is 0 Å². The molecule has 2 bridgehead atoms. The molecule has 1 N–H and O–H groups in total. The van der Waals surface area contributed by atoms with E-state index in [2.05, 4.69) is 40.1 Å². The number of benzene rings is 1. The Morgan fingerprint density at radius 2 is 1.78 bits per heavy atom. The van der Waals surface area contributed by atoms with Crippen LogP contribution in [0.5, 0.6) is 0 Å². The third kappa shape index (κ3) is 5.54. The molecule has 0 radical (unpaired) electrons. The van der Waals surface area contributed by atoms with Gasteiger partial charge in [-0.15, -0.1) is 0 Å². The van der Waals surface area contributed by atoms with Gasteiger partial charge in [-0.25, -0.2) is 0 Å². The van der Waals surface area contributed by atoms with Crippen molar-refractivity contribution in [1.29, 1.82) is 0 Å². The minimum atomic E-state index is -0.356. The quantitative estimate of drug-likeness (QED) is 0.676. The van der Waals surface area contributed by atoms with E-state index in [4.69, 9.17) is 4.74 Å². The van der Waals surface area contributed by atoms with E-state index >= 15 is 0 Å². The summed E-state index contributed by atoms with van der Waals surface area (Å²) in [6.07, 6.45) is 6.68. The summed E-state index contributed by atoms with van der Waals surface area (Å²) < 4.78 is 5.82. The third-order valence-electron chi connectivity index (χ3n) is 7.01. The standard InChI is InChI=1S/C23H36N2O2/c26-23(18-27-13-8-22-15-20-6-7-21(22)14-20)17-25-11-9-24(10-12-25)16-19-4-2-1-3-5-19/h1-5,20-23,26H,6-18H2/t20-,21-,22-,23+/m1/s1. The van der Waals surface area contributed by atoms with Gasteiger partial charge in [0.2, 0.25) is 0 Å². The molecule has 3 fully saturated rings. The van der Waals surface area contributed by atoms with Gasteiger partial charge in [-0.2, -0.15) is 0 Å². The second kappa shape index (κ2) is 9.51. The topological polar surface area (TPSA) is 35.9 Å². The number of rotatable bonds is 9. The molecule has 0 unspecified atom stereocenters. The van der Waals surface area contributed by atoms with E-state index in [0.717, 1.165) is 63.6 Å². The number of aliphatic hydroxyl groups excluding tert-OH is 1. The van der Waals surface area contributed by atoms with Gasteiger partial charge < -0.3 is 9.84 Å². The van der Waals surface area contributed by atoms with Crippen molar-refractivity contribution < 1.29 is 9.84 Å². The maximum Gasteiger partial charge on any atom is 0.0900 e. The summed E-state index contributed by atoms with van der Waals surface area (Å²) in [5, 5.41) is 10.3. The molecule has 3 aliphatic rings. The molecule has 2 aliphatic carbocycles. The lowest BCUT2D eigenvalue weighted by Gasteiger charge is -2.35. The minimum Gasteiger partial charge on any atom is -0.389 e. The molecule has 1 saturated heterocycles. The largest absolute Gasteiger partial charge is 0.389 e. The van der Waals surface area contributed by atoms with Crippen molar-refractivity contribution in [3.05, 3.63) is 35.9 Å². The SMILES string of the molecule is O[C@H](COCC[C@@H]1C[C@@H]2CC[C@@H]1C2)CN1CCN(Cc2ccccc2)CC1. The van der Waals surface area contributed by atoms with E-state index in [9.17, 15) is 5.11 Å². The molecule has 4 nitrogen and oxygen atoms in total. The van der Waals surface area contributed by atoms with E-state index in [1.165, 1.54) is 37.7 Å². The zero-order valence-corrected chi connectivity index (χ0v) is 16.6. The molecule has 2 saturated carbocycles. The van der Waals surface area contributed by atoms with Crippen molar-refractivity contribution in [2.75, 3.05) is 45.9 Å². The summed E-state index contributed by atoms with van der Waals surface area (Å²) in [4.78, 5) is 4.88. The van der Waals surface area contributed by atoms with Gasteiger partial charge in [0, 0.05) is 45.9 Å². The van der Waals surface area contributed by atoms with Gasteiger partial charge in [0.15, 0.2) is 0 Å². The average molecular weight is 373 g/mol. The van der Waals surface area contributed by atoms with Gasteiger partial charge >= 0.3 is 0 Å². The van der Waals surface area contributed by atoms with Crippen molar-refractivity contribution in [2.24, 2.45) is 17.8 Å². The highest BCUT2D eigenvalue weighted by molar-refractivity contribution is 5.14. The molecule has 1 aromatic carbocycles. The maximum absolute atomic E-state index is 10.3. The molecular weight excluding hydrogens is 336 g/mol. The number of ether oxygens (including phenoxy) is 1. The zero-order valence-electron chi connectivity index (χ0n) is 16.6. The van der Waals surface area contributed by atoms with E-state index in [-0.39, 0.29) is 6.10 Å². The van der Waals surface area contributed by atoms with Gasteiger partial charge in [0.25, 0.3) is 0 Å². The molecule has 4 atom stereocenters. The first-order valence-electron chi connectivity index (χ1n) is 11.0. The summed E-state index contributed by atoms with van der Waals surface area (Å²) in [5.41, 5.74) is 1.38. The van der Waals surface area contributed by atoms with Crippen molar-refractivity contribution in [3.8, 4) is 0 Å². The van der Waals surface area contributed by atoms with Crippen LogP contribution in [0.2, 0.25) is 0 Å². The molecule has 4 rings (SSSR count). The van der Waals surface area contributed by atoms with Crippen LogP contribution in [0.15, 0.2) is 30.3 Å². The molecule has 0 aromatic heterocycles. The average Bonchev–Trinajstić information content (AvgIpc) is 3.31. The second-order valence-corrected chi connectivity index (χ2v) is 9.01. The second-order valence-electron chi connectivity index (χ2n) is 9.01. The monoisotopic (exact) mass is 372 g/mol. The summed E-state index contributed by atoms with van der Waals surface area (Å²) in [7, 11) is 0. The number of fused-ring (bicyclic) bond motifs is 2. The molecule has 4 heteroatoms. The number of piperazine rings is 1. The lowest BCUT2D eigenvalue weighted by Crippen LogP contribution is -2.48. The molecule has 0 spiro atoms. The Morgan fingerprint density at radius 1 is 1.00 bits per heavy atom. The van der Waals surface area contributed by atoms with Gasteiger partial charge in [-0.05, 0) is 49.0 Å². The Labute approximate surface area is 164 Å². The smallest absolute Gasteiger partial charge is 0.0900 e. The highest BCUT2D eigenvalue weighted by Gasteiger charge is 2.38. The number of hydrogen-bond acceptors (Lipinski definition) is 4. The van der Waals surface area contributed by atoms with Crippen LogP contribution in [0.1, 0.15) is 37.7 Å². The Hall–Kier alpha value is -0.940. The van der Waals surface area contributed by atoms with Crippen molar-refractivity contribution in [1.82, 2.24) is 9.80 Å². The highest BCUT2D eigenvalue weighted by atomic mass is 16.5.